The van der Waals surface area contributed by atoms with Gasteiger partial charge in [0, 0.05) is 19.2 Å². The average molecular weight is 413 g/mol. The van der Waals surface area contributed by atoms with Gasteiger partial charge in [0.1, 0.15) is 11.4 Å². The van der Waals surface area contributed by atoms with Gasteiger partial charge in [-0.3, -0.25) is 18.7 Å². The van der Waals surface area contributed by atoms with E-state index in [1.54, 1.807) is 6.08 Å². The molecule has 1 aromatic heterocycles. The number of Topliss-reactive ketones (excluding diaryl/α,β-unsaturated/α-hetero) is 1. The van der Waals surface area contributed by atoms with Crippen LogP contribution in [0.1, 0.15) is 49.5 Å². The number of anilines is 1. The molecule has 1 aliphatic heterocycles. The van der Waals surface area contributed by atoms with Crippen LogP contribution < -0.4 is 26.0 Å². The van der Waals surface area contributed by atoms with Gasteiger partial charge in [-0.2, -0.15) is 0 Å². The summed E-state index contributed by atoms with van der Waals surface area (Å²) in [6.07, 6.45) is 3.14. The van der Waals surface area contributed by atoms with E-state index in [0.29, 0.717) is 43.2 Å². The number of carbonyl (C=O) groups is 1. The molecule has 0 aliphatic carbocycles. The summed E-state index contributed by atoms with van der Waals surface area (Å²) in [7, 11) is 1.38. The van der Waals surface area contributed by atoms with Crippen molar-refractivity contribution in [2.24, 2.45) is 7.05 Å². The molecule has 30 heavy (non-hydrogen) atoms. The Morgan fingerprint density at radius 3 is 2.50 bits per heavy atom. The second-order valence-corrected chi connectivity index (χ2v) is 6.99. The Labute approximate surface area is 174 Å². The maximum absolute atomic E-state index is 13.0. The number of aromatic nitrogens is 2. The third-order valence-corrected chi connectivity index (χ3v) is 4.77. The highest BCUT2D eigenvalue weighted by molar-refractivity contribution is 6.19. The Morgan fingerprint density at radius 1 is 1.07 bits per heavy atom. The fourth-order valence-electron chi connectivity index (χ4n) is 3.38. The minimum atomic E-state index is -0.603. The topological polar surface area (TPSA) is 91.6 Å². The number of nitrogens with zero attached hydrogens (tertiary/aromatic N) is 2. The number of hydrogen-bond acceptors (Lipinski definition) is 6. The highest BCUT2D eigenvalue weighted by Gasteiger charge is 2.32. The van der Waals surface area contributed by atoms with Crippen LogP contribution in [-0.2, 0) is 13.6 Å². The highest BCUT2D eigenvalue weighted by Crippen LogP contribution is 2.35. The number of nitrogens with one attached hydrogen (secondary N) is 1. The molecule has 2 heterocycles. The van der Waals surface area contributed by atoms with Gasteiger partial charge in [-0.05, 0) is 31.9 Å². The van der Waals surface area contributed by atoms with Gasteiger partial charge in [-0.25, -0.2) is 4.79 Å². The van der Waals surface area contributed by atoms with E-state index in [0.717, 1.165) is 11.0 Å². The number of fused-ring (bicyclic) bond motifs is 1. The molecule has 1 aliphatic rings. The molecule has 0 radical (unpaired) electrons. The van der Waals surface area contributed by atoms with E-state index in [9.17, 15) is 14.4 Å². The van der Waals surface area contributed by atoms with Crippen LogP contribution in [0.25, 0.3) is 6.08 Å². The van der Waals surface area contributed by atoms with E-state index in [2.05, 4.69) is 5.32 Å². The first kappa shape index (κ1) is 21.4. The molecule has 2 aromatic rings. The first-order valence-corrected chi connectivity index (χ1v) is 10.2. The monoisotopic (exact) mass is 413 g/mol. The van der Waals surface area contributed by atoms with Gasteiger partial charge in [0.2, 0.25) is 5.78 Å². The molecule has 1 N–H and O–H groups in total. The number of carbonyl (C=O) groups excluding carboxylic acids is 1. The summed E-state index contributed by atoms with van der Waals surface area (Å²) in [5, 5.41) is 2.99. The SMILES string of the molecule is CCCOc1c(/C=C2\Nc3c(c(=O)n(C)c(=O)n3CCC)C2=O)cccc1OCC. The standard InChI is InChI=1S/C22H27N3O5/c1-5-11-25-20-17(21(27)24(4)22(25)28)18(26)15(23-20)13-14-9-8-10-16(29-7-3)19(14)30-12-6-2/h8-10,13,23H,5-7,11-12H2,1-4H3/b15-13-. The van der Waals surface area contributed by atoms with E-state index in [-0.39, 0.29) is 17.1 Å². The summed E-state index contributed by atoms with van der Waals surface area (Å²) >= 11 is 0. The molecule has 0 saturated heterocycles. The molecule has 8 nitrogen and oxygen atoms in total. The van der Waals surface area contributed by atoms with Gasteiger partial charge >= 0.3 is 5.69 Å². The largest absolute Gasteiger partial charge is 0.490 e. The van der Waals surface area contributed by atoms with Crippen LogP contribution in [0.15, 0.2) is 33.5 Å². The van der Waals surface area contributed by atoms with Gasteiger partial charge in [0.05, 0.1) is 18.9 Å². The molecule has 0 unspecified atom stereocenters. The predicted molar refractivity (Wildman–Crippen MR) is 116 cm³/mol. The fraction of sp³-hybridized carbons (Fsp3) is 0.409. The Balaban J connectivity index is 2.12. The van der Waals surface area contributed by atoms with Crippen LogP contribution in [0.4, 0.5) is 5.82 Å². The first-order chi connectivity index (χ1) is 14.4. The molecule has 0 fully saturated rings. The van der Waals surface area contributed by atoms with Crippen molar-refractivity contribution in [1.29, 1.82) is 0 Å². The van der Waals surface area contributed by atoms with E-state index < -0.39 is 17.0 Å². The number of allylic oxidation sites excluding steroid dienone is 1. The molecule has 0 atom stereocenters. The maximum atomic E-state index is 13.0. The zero-order valence-corrected chi connectivity index (χ0v) is 17.8. The maximum Gasteiger partial charge on any atom is 0.332 e. The summed E-state index contributed by atoms with van der Waals surface area (Å²) in [5.74, 6) is 0.928. The zero-order valence-electron chi connectivity index (χ0n) is 17.8. The van der Waals surface area contributed by atoms with Crippen LogP contribution in [0.5, 0.6) is 11.5 Å². The van der Waals surface area contributed by atoms with E-state index >= 15 is 0 Å². The summed E-state index contributed by atoms with van der Waals surface area (Å²) in [6, 6.07) is 5.44. The molecule has 0 spiro atoms. The van der Waals surface area contributed by atoms with Gasteiger partial charge in [0.15, 0.2) is 11.5 Å². The lowest BCUT2D eigenvalue weighted by molar-refractivity contribution is 0.104. The van der Waals surface area contributed by atoms with Crippen molar-refractivity contribution in [2.75, 3.05) is 18.5 Å². The van der Waals surface area contributed by atoms with Crippen molar-refractivity contribution in [3.63, 3.8) is 0 Å². The Bertz CT molecular complexity index is 1110. The van der Waals surface area contributed by atoms with Crippen LogP contribution in [-0.4, -0.2) is 28.1 Å². The Hall–Kier alpha value is -3.29. The highest BCUT2D eigenvalue weighted by atomic mass is 16.5. The van der Waals surface area contributed by atoms with Crippen molar-refractivity contribution in [3.8, 4) is 11.5 Å². The van der Waals surface area contributed by atoms with Crippen LogP contribution >= 0.6 is 0 Å². The van der Waals surface area contributed by atoms with Gasteiger partial charge in [-0.15, -0.1) is 0 Å². The van der Waals surface area contributed by atoms with Gasteiger partial charge < -0.3 is 14.8 Å². The van der Waals surface area contributed by atoms with Crippen molar-refractivity contribution in [1.82, 2.24) is 9.13 Å². The minimum absolute atomic E-state index is 0.0196. The zero-order chi connectivity index (χ0) is 21.8. The smallest absolute Gasteiger partial charge is 0.332 e. The molecule has 160 valence electrons. The number of ketones is 1. The van der Waals surface area contributed by atoms with Gasteiger partial charge in [-0.1, -0.05) is 26.0 Å². The quantitative estimate of drug-likeness (QED) is 0.669. The molecule has 3 rings (SSSR count). The Morgan fingerprint density at radius 2 is 1.83 bits per heavy atom. The molecular weight excluding hydrogens is 386 g/mol. The normalized spacial score (nSPS) is 14.0. The lowest BCUT2D eigenvalue weighted by Crippen LogP contribution is -2.40. The van der Waals surface area contributed by atoms with Crippen molar-refractivity contribution >= 4 is 17.7 Å². The number of benzene rings is 1. The summed E-state index contributed by atoms with van der Waals surface area (Å²) in [4.78, 5) is 38.2. The molecule has 0 saturated carbocycles. The van der Waals surface area contributed by atoms with E-state index in [1.165, 1.54) is 11.6 Å². The molecule has 1 aromatic carbocycles. The first-order valence-electron chi connectivity index (χ1n) is 10.2. The van der Waals surface area contributed by atoms with Crippen LogP contribution in [0.3, 0.4) is 0 Å². The van der Waals surface area contributed by atoms with E-state index in [1.807, 2.05) is 39.0 Å². The van der Waals surface area contributed by atoms with Crippen LogP contribution in [0.2, 0.25) is 0 Å². The lowest BCUT2D eigenvalue weighted by Gasteiger charge is -2.14. The summed E-state index contributed by atoms with van der Waals surface area (Å²) in [6.45, 7) is 7.18. The second kappa shape index (κ2) is 9.02. The van der Waals surface area contributed by atoms with Crippen molar-refractivity contribution in [2.45, 2.75) is 40.2 Å². The lowest BCUT2D eigenvalue weighted by atomic mass is 10.1. The second-order valence-electron chi connectivity index (χ2n) is 6.99. The van der Waals surface area contributed by atoms with Crippen molar-refractivity contribution < 1.29 is 14.3 Å². The van der Waals surface area contributed by atoms with Gasteiger partial charge in [0.25, 0.3) is 5.56 Å². The number of ether oxygens (including phenoxy) is 2. The molecule has 8 heteroatoms. The summed E-state index contributed by atoms with van der Waals surface area (Å²) < 4.78 is 14.0. The minimum Gasteiger partial charge on any atom is -0.490 e. The Kier molecular flexibility index (Phi) is 6.44. The third-order valence-electron chi connectivity index (χ3n) is 4.77. The fourth-order valence-corrected chi connectivity index (χ4v) is 3.38. The summed E-state index contributed by atoms with van der Waals surface area (Å²) in [5.41, 5.74) is -0.207. The third kappa shape index (κ3) is 3.77. The van der Waals surface area contributed by atoms with E-state index in [4.69, 9.17) is 9.47 Å². The molecular formula is C22H27N3O5. The molecule has 0 bridgehead atoms. The number of rotatable bonds is 8. The number of hydrogen-bond donors (Lipinski definition) is 1. The average Bonchev–Trinajstić information content (AvgIpc) is 3.05. The number of para-hydroxylation sites is 1. The van der Waals surface area contributed by atoms with Crippen LogP contribution in [0, 0.1) is 0 Å². The van der Waals surface area contributed by atoms with Crippen molar-refractivity contribution in [3.05, 3.63) is 55.9 Å². The molecule has 0 amide bonds. The predicted octanol–water partition coefficient (Wildman–Crippen LogP) is 2.79.